The highest BCUT2D eigenvalue weighted by Crippen LogP contribution is 2.31. The van der Waals surface area contributed by atoms with Crippen LogP contribution >= 0.6 is 0 Å². The van der Waals surface area contributed by atoms with Crippen molar-refractivity contribution in [1.82, 2.24) is 5.32 Å². The number of benzene rings is 1. The maximum absolute atomic E-state index is 12.3. The normalized spacial score (nSPS) is 27.1. The molecule has 1 aromatic carbocycles. The fourth-order valence-corrected chi connectivity index (χ4v) is 2.90. The molecule has 1 aromatic rings. The molecule has 6 nitrogen and oxygen atoms in total. The van der Waals surface area contributed by atoms with E-state index in [1.54, 1.807) is 12.1 Å². The van der Waals surface area contributed by atoms with Crippen LogP contribution in [0, 0.1) is 5.92 Å². The number of carbonyl (C=O) groups excluding carboxylic acids is 2. The summed E-state index contributed by atoms with van der Waals surface area (Å²) in [6.45, 7) is 0.163. The Bertz CT molecular complexity index is 560. The summed E-state index contributed by atoms with van der Waals surface area (Å²) in [6.07, 6.45) is 1.69. The third-order valence-electron chi connectivity index (χ3n) is 4.01. The molecule has 0 aromatic heterocycles. The molecule has 0 bridgehead atoms. The molecular formula is C15H18N2O4. The highest BCUT2D eigenvalue weighted by atomic mass is 16.6. The first-order valence-electron chi connectivity index (χ1n) is 7.13. The zero-order valence-electron chi connectivity index (χ0n) is 11.6. The monoisotopic (exact) mass is 290 g/mol. The van der Waals surface area contributed by atoms with Gasteiger partial charge in [0.05, 0.1) is 5.92 Å². The van der Waals surface area contributed by atoms with Gasteiger partial charge in [-0.25, -0.2) is 0 Å². The van der Waals surface area contributed by atoms with Crippen LogP contribution in [-0.2, 0) is 9.59 Å². The average molecular weight is 290 g/mol. The molecule has 3 N–H and O–H groups in total. The van der Waals surface area contributed by atoms with Gasteiger partial charge in [-0.05, 0) is 25.0 Å². The molecular weight excluding hydrogens is 272 g/mol. The number of hydrogen-bond donors (Lipinski definition) is 2. The van der Waals surface area contributed by atoms with E-state index in [0.29, 0.717) is 11.5 Å². The number of amides is 2. The first-order chi connectivity index (χ1) is 10.1. The minimum atomic E-state index is -0.700. The standard InChI is InChI=1S/C15H18N2O4/c16-14(18)9-4-3-5-10(9)17-15(19)13-8-20-11-6-1-2-7-12(11)21-13/h1-2,6-7,9-10,13H,3-5,8H2,(H2,16,18)(H,17,19). The lowest BCUT2D eigenvalue weighted by atomic mass is 10.0. The van der Waals surface area contributed by atoms with Gasteiger partial charge in [0.25, 0.3) is 5.91 Å². The summed E-state index contributed by atoms with van der Waals surface area (Å²) in [5.41, 5.74) is 5.36. The summed E-state index contributed by atoms with van der Waals surface area (Å²) in [6, 6.07) is 7.03. The Balaban J connectivity index is 1.63. The Labute approximate surface area is 122 Å². The fraction of sp³-hybridized carbons (Fsp3) is 0.467. The van der Waals surface area contributed by atoms with Crippen molar-refractivity contribution in [3.63, 3.8) is 0 Å². The van der Waals surface area contributed by atoms with Crippen LogP contribution in [0.4, 0.5) is 0 Å². The molecule has 21 heavy (non-hydrogen) atoms. The number of hydrogen-bond acceptors (Lipinski definition) is 4. The van der Waals surface area contributed by atoms with Crippen molar-refractivity contribution in [3.05, 3.63) is 24.3 Å². The number of rotatable bonds is 3. The van der Waals surface area contributed by atoms with Crippen LogP contribution in [0.1, 0.15) is 19.3 Å². The topological polar surface area (TPSA) is 90.7 Å². The van der Waals surface area contributed by atoms with Crippen LogP contribution in [0.2, 0.25) is 0 Å². The summed E-state index contributed by atoms with van der Waals surface area (Å²) in [4.78, 5) is 23.6. The maximum atomic E-state index is 12.3. The Hall–Kier alpha value is -2.24. The van der Waals surface area contributed by atoms with Gasteiger partial charge < -0.3 is 20.5 Å². The zero-order chi connectivity index (χ0) is 14.8. The molecule has 2 amide bonds. The van der Waals surface area contributed by atoms with E-state index in [2.05, 4.69) is 5.32 Å². The summed E-state index contributed by atoms with van der Waals surface area (Å²) in [7, 11) is 0. The molecule has 3 atom stereocenters. The molecule has 6 heteroatoms. The Morgan fingerprint density at radius 1 is 1.19 bits per heavy atom. The number of carbonyl (C=O) groups is 2. The Morgan fingerprint density at radius 2 is 1.95 bits per heavy atom. The quantitative estimate of drug-likeness (QED) is 0.852. The predicted molar refractivity (Wildman–Crippen MR) is 74.8 cm³/mol. The van der Waals surface area contributed by atoms with Crippen LogP contribution in [-0.4, -0.2) is 30.6 Å². The number of nitrogens with one attached hydrogen (secondary N) is 1. The van der Waals surface area contributed by atoms with Gasteiger partial charge >= 0.3 is 0 Å². The van der Waals surface area contributed by atoms with Gasteiger partial charge in [0.15, 0.2) is 11.5 Å². The first-order valence-corrected chi connectivity index (χ1v) is 7.13. The van der Waals surface area contributed by atoms with Crippen LogP contribution in [0.3, 0.4) is 0 Å². The van der Waals surface area contributed by atoms with Crippen molar-refractivity contribution in [3.8, 4) is 11.5 Å². The fourth-order valence-electron chi connectivity index (χ4n) is 2.90. The second kappa shape index (κ2) is 5.63. The molecule has 0 saturated heterocycles. The lowest BCUT2D eigenvalue weighted by Crippen LogP contribution is -2.50. The van der Waals surface area contributed by atoms with E-state index in [1.165, 1.54) is 0 Å². The van der Waals surface area contributed by atoms with Crippen LogP contribution in [0.5, 0.6) is 11.5 Å². The number of ether oxygens (including phenoxy) is 2. The van der Waals surface area contributed by atoms with Crippen LogP contribution < -0.4 is 20.5 Å². The number of primary amides is 1. The first kappa shape index (κ1) is 13.7. The van der Waals surface area contributed by atoms with Gasteiger partial charge in [-0.15, -0.1) is 0 Å². The van der Waals surface area contributed by atoms with E-state index in [4.69, 9.17) is 15.2 Å². The van der Waals surface area contributed by atoms with Crippen molar-refractivity contribution in [2.45, 2.75) is 31.4 Å². The lowest BCUT2D eigenvalue weighted by molar-refractivity contribution is -0.131. The van der Waals surface area contributed by atoms with Crippen molar-refractivity contribution >= 4 is 11.8 Å². The predicted octanol–water partition coefficient (Wildman–Crippen LogP) is 0.597. The minimum absolute atomic E-state index is 0.163. The van der Waals surface area contributed by atoms with Gasteiger partial charge in [-0.3, -0.25) is 9.59 Å². The molecule has 1 fully saturated rings. The molecule has 1 aliphatic carbocycles. The summed E-state index contributed by atoms with van der Waals surface area (Å²) < 4.78 is 11.2. The second-order valence-corrected chi connectivity index (χ2v) is 5.42. The van der Waals surface area contributed by atoms with E-state index >= 15 is 0 Å². The smallest absolute Gasteiger partial charge is 0.264 e. The third-order valence-corrected chi connectivity index (χ3v) is 4.01. The Morgan fingerprint density at radius 3 is 2.71 bits per heavy atom. The number of nitrogens with two attached hydrogens (primary N) is 1. The van der Waals surface area contributed by atoms with Crippen LogP contribution in [0.15, 0.2) is 24.3 Å². The zero-order valence-corrected chi connectivity index (χ0v) is 11.6. The number of para-hydroxylation sites is 2. The molecule has 3 unspecified atom stereocenters. The molecule has 0 radical (unpaired) electrons. The van der Waals surface area contributed by atoms with Gasteiger partial charge in [0, 0.05) is 6.04 Å². The number of fused-ring (bicyclic) bond motifs is 1. The summed E-state index contributed by atoms with van der Waals surface area (Å²) >= 11 is 0. The second-order valence-electron chi connectivity index (χ2n) is 5.42. The highest BCUT2D eigenvalue weighted by molar-refractivity contribution is 5.84. The van der Waals surface area contributed by atoms with Gasteiger partial charge in [0.1, 0.15) is 6.61 Å². The molecule has 0 spiro atoms. The van der Waals surface area contributed by atoms with E-state index in [9.17, 15) is 9.59 Å². The molecule has 1 saturated carbocycles. The maximum Gasteiger partial charge on any atom is 0.264 e. The van der Waals surface area contributed by atoms with Gasteiger partial charge in [-0.2, -0.15) is 0 Å². The van der Waals surface area contributed by atoms with E-state index in [-0.39, 0.29) is 30.4 Å². The van der Waals surface area contributed by atoms with E-state index in [1.807, 2.05) is 12.1 Å². The van der Waals surface area contributed by atoms with Crippen LogP contribution in [0.25, 0.3) is 0 Å². The molecule has 1 aliphatic heterocycles. The summed E-state index contributed by atoms with van der Waals surface area (Å²) in [5.74, 6) is 0.288. The van der Waals surface area contributed by atoms with Crippen molar-refractivity contribution < 1.29 is 19.1 Å². The lowest BCUT2D eigenvalue weighted by Gasteiger charge is -2.27. The van der Waals surface area contributed by atoms with Crippen molar-refractivity contribution in [2.75, 3.05) is 6.61 Å². The van der Waals surface area contributed by atoms with Gasteiger partial charge in [-0.1, -0.05) is 18.6 Å². The van der Waals surface area contributed by atoms with Gasteiger partial charge in [0.2, 0.25) is 12.0 Å². The molecule has 3 rings (SSSR count). The molecule has 2 aliphatic rings. The minimum Gasteiger partial charge on any atom is -0.485 e. The van der Waals surface area contributed by atoms with E-state index < -0.39 is 6.10 Å². The average Bonchev–Trinajstić information content (AvgIpc) is 2.95. The molecule has 112 valence electrons. The SMILES string of the molecule is NC(=O)C1CCCC1NC(=O)C1COc2ccccc2O1. The molecule has 1 heterocycles. The van der Waals surface area contributed by atoms with Crippen molar-refractivity contribution in [1.29, 1.82) is 0 Å². The Kier molecular flexibility index (Phi) is 3.68. The third kappa shape index (κ3) is 2.79. The van der Waals surface area contributed by atoms with E-state index in [0.717, 1.165) is 19.3 Å². The largest absolute Gasteiger partial charge is 0.485 e. The highest BCUT2D eigenvalue weighted by Gasteiger charge is 2.35. The summed E-state index contributed by atoms with van der Waals surface area (Å²) in [5, 5.41) is 2.87. The van der Waals surface area contributed by atoms with Crippen molar-refractivity contribution in [2.24, 2.45) is 11.7 Å².